The van der Waals surface area contributed by atoms with E-state index in [0.717, 1.165) is 23.3 Å². The second kappa shape index (κ2) is 4.87. The van der Waals surface area contributed by atoms with E-state index in [2.05, 4.69) is 43.2 Å². The lowest BCUT2D eigenvalue weighted by molar-refractivity contribution is -0.120. The van der Waals surface area contributed by atoms with Gasteiger partial charge >= 0.3 is 0 Å². The third-order valence-electron chi connectivity index (χ3n) is 3.66. The van der Waals surface area contributed by atoms with Gasteiger partial charge in [0.2, 0.25) is 5.91 Å². The van der Waals surface area contributed by atoms with E-state index in [1.54, 1.807) is 0 Å². The summed E-state index contributed by atoms with van der Waals surface area (Å²) in [5.41, 5.74) is 1.18. The summed E-state index contributed by atoms with van der Waals surface area (Å²) < 4.78 is -0.316. The summed E-state index contributed by atoms with van der Waals surface area (Å²) in [7, 11) is 0. The Bertz CT molecular complexity index is 588. The lowest BCUT2D eigenvalue weighted by Crippen LogP contribution is -2.25. The van der Waals surface area contributed by atoms with Crippen LogP contribution in [0.1, 0.15) is 36.3 Å². The summed E-state index contributed by atoms with van der Waals surface area (Å²) in [6.07, 6.45) is 1.54. The molecule has 1 saturated carbocycles. The summed E-state index contributed by atoms with van der Waals surface area (Å²) in [5.74, 6) is -0.0540. The van der Waals surface area contributed by atoms with Gasteiger partial charge in [-0.2, -0.15) is 5.26 Å². The lowest BCUT2D eigenvalue weighted by Gasteiger charge is -2.12. The first-order valence-electron chi connectivity index (χ1n) is 5.98. The van der Waals surface area contributed by atoms with Gasteiger partial charge in [0, 0.05) is 4.88 Å². The molecule has 1 aromatic rings. The number of rotatable bonds is 3. The highest BCUT2D eigenvalue weighted by molar-refractivity contribution is 9.25. The Morgan fingerprint density at radius 2 is 2.16 bits per heavy atom. The SMILES string of the molecule is CCc1c(C)sc(NC(=O)C2(C)CC2(Br)Br)c1C#N. The van der Waals surface area contributed by atoms with Crippen molar-refractivity contribution >= 4 is 54.1 Å². The monoisotopic (exact) mass is 404 g/mol. The number of carbonyl (C=O) groups is 1. The molecule has 0 bridgehead atoms. The van der Waals surface area contributed by atoms with Crippen LogP contribution in [0.4, 0.5) is 5.00 Å². The number of anilines is 1. The number of carbonyl (C=O) groups excluding carboxylic acids is 1. The Labute approximate surface area is 133 Å². The highest BCUT2D eigenvalue weighted by atomic mass is 79.9. The molecule has 1 atom stereocenters. The Hall–Kier alpha value is -0.380. The van der Waals surface area contributed by atoms with Crippen molar-refractivity contribution in [2.75, 3.05) is 5.32 Å². The Morgan fingerprint density at radius 3 is 2.58 bits per heavy atom. The molecule has 0 spiro atoms. The molecule has 0 saturated heterocycles. The number of nitrogens with zero attached hydrogens (tertiary/aromatic N) is 1. The average Bonchev–Trinajstić information content (AvgIpc) is 2.71. The molecule has 1 unspecified atom stereocenters. The fraction of sp³-hybridized carbons (Fsp3) is 0.538. The fourth-order valence-corrected chi connectivity index (χ4v) is 4.67. The number of aryl methyl sites for hydroxylation is 1. The average molecular weight is 406 g/mol. The van der Waals surface area contributed by atoms with Gasteiger partial charge in [-0.1, -0.05) is 38.8 Å². The molecule has 1 aromatic heterocycles. The van der Waals surface area contributed by atoms with Gasteiger partial charge in [-0.15, -0.1) is 11.3 Å². The second-order valence-electron chi connectivity index (χ2n) is 4.97. The largest absolute Gasteiger partial charge is 0.316 e. The van der Waals surface area contributed by atoms with Gasteiger partial charge in [-0.3, -0.25) is 4.79 Å². The van der Waals surface area contributed by atoms with Crippen molar-refractivity contribution in [2.24, 2.45) is 5.41 Å². The van der Waals surface area contributed by atoms with Crippen molar-refractivity contribution in [2.45, 2.75) is 36.8 Å². The quantitative estimate of drug-likeness (QED) is 0.761. The molecule has 1 N–H and O–H groups in total. The smallest absolute Gasteiger partial charge is 0.233 e. The summed E-state index contributed by atoms with van der Waals surface area (Å²) in [4.78, 5) is 13.4. The van der Waals surface area contributed by atoms with Crippen LogP contribution in [-0.2, 0) is 11.2 Å². The fourth-order valence-electron chi connectivity index (χ4n) is 2.10. The molecule has 1 heterocycles. The number of amides is 1. The first-order valence-corrected chi connectivity index (χ1v) is 8.38. The van der Waals surface area contributed by atoms with Crippen molar-refractivity contribution in [1.29, 1.82) is 5.26 Å². The maximum absolute atomic E-state index is 12.3. The summed E-state index contributed by atoms with van der Waals surface area (Å²) >= 11 is 8.45. The summed E-state index contributed by atoms with van der Waals surface area (Å²) in [5, 5.41) is 12.8. The number of alkyl halides is 2. The van der Waals surface area contributed by atoms with Crippen molar-refractivity contribution in [1.82, 2.24) is 0 Å². The van der Waals surface area contributed by atoms with Crippen molar-refractivity contribution in [3.8, 4) is 6.07 Å². The topological polar surface area (TPSA) is 52.9 Å². The van der Waals surface area contributed by atoms with Gasteiger partial charge in [0.25, 0.3) is 0 Å². The maximum atomic E-state index is 12.3. The molecule has 0 aromatic carbocycles. The first-order chi connectivity index (χ1) is 8.76. The Kier molecular flexibility index (Phi) is 3.85. The molecular formula is C13H14Br2N2OS. The molecule has 1 fully saturated rings. The van der Waals surface area contributed by atoms with Crippen LogP contribution in [0.5, 0.6) is 0 Å². The van der Waals surface area contributed by atoms with Gasteiger partial charge in [0.15, 0.2) is 0 Å². The van der Waals surface area contributed by atoms with E-state index >= 15 is 0 Å². The predicted molar refractivity (Wildman–Crippen MR) is 85.1 cm³/mol. The van der Waals surface area contributed by atoms with E-state index in [-0.39, 0.29) is 9.14 Å². The van der Waals surface area contributed by atoms with Crippen molar-refractivity contribution in [3.05, 3.63) is 16.0 Å². The van der Waals surface area contributed by atoms with Crippen LogP contribution in [0.2, 0.25) is 0 Å². The van der Waals surface area contributed by atoms with E-state index < -0.39 is 5.41 Å². The highest BCUT2D eigenvalue weighted by Crippen LogP contribution is 2.66. The predicted octanol–water partition coefficient (Wildman–Crippen LogP) is 4.33. The third-order valence-corrected chi connectivity index (χ3v) is 7.03. The lowest BCUT2D eigenvalue weighted by atomic mass is 10.1. The number of nitrogens with one attached hydrogen (secondary N) is 1. The van der Waals surface area contributed by atoms with Gasteiger partial charge in [-0.25, -0.2) is 0 Å². The van der Waals surface area contributed by atoms with E-state index in [4.69, 9.17) is 0 Å². The van der Waals surface area contributed by atoms with Crippen LogP contribution in [-0.4, -0.2) is 9.14 Å². The zero-order chi connectivity index (χ0) is 14.4. The molecule has 19 heavy (non-hydrogen) atoms. The van der Waals surface area contributed by atoms with Gasteiger partial charge in [-0.05, 0) is 32.3 Å². The number of nitriles is 1. The van der Waals surface area contributed by atoms with Gasteiger partial charge in [0.1, 0.15) is 11.1 Å². The number of hydrogen-bond donors (Lipinski definition) is 1. The van der Waals surface area contributed by atoms with E-state index in [0.29, 0.717) is 10.6 Å². The van der Waals surface area contributed by atoms with E-state index in [1.165, 1.54) is 11.3 Å². The highest BCUT2D eigenvalue weighted by Gasteiger charge is 2.66. The van der Waals surface area contributed by atoms with Gasteiger partial charge < -0.3 is 5.32 Å². The molecule has 3 nitrogen and oxygen atoms in total. The summed E-state index contributed by atoms with van der Waals surface area (Å²) in [6.45, 7) is 5.91. The Balaban J connectivity index is 2.26. The molecule has 102 valence electrons. The Morgan fingerprint density at radius 1 is 1.58 bits per heavy atom. The third kappa shape index (κ3) is 2.37. The van der Waals surface area contributed by atoms with Crippen LogP contribution < -0.4 is 5.32 Å². The molecular weight excluding hydrogens is 392 g/mol. The number of halogens is 2. The second-order valence-corrected chi connectivity index (χ2v) is 9.97. The van der Waals surface area contributed by atoms with Crippen LogP contribution in [0.25, 0.3) is 0 Å². The molecule has 1 aliphatic carbocycles. The molecule has 0 aliphatic heterocycles. The molecule has 1 amide bonds. The van der Waals surface area contributed by atoms with Crippen LogP contribution >= 0.6 is 43.2 Å². The minimum atomic E-state index is -0.468. The first kappa shape index (κ1) is 15.0. The maximum Gasteiger partial charge on any atom is 0.233 e. The van der Waals surface area contributed by atoms with Crippen LogP contribution in [0.3, 0.4) is 0 Å². The van der Waals surface area contributed by atoms with Crippen molar-refractivity contribution in [3.63, 3.8) is 0 Å². The molecule has 6 heteroatoms. The minimum Gasteiger partial charge on any atom is -0.316 e. The van der Waals surface area contributed by atoms with Crippen molar-refractivity contribution < 1.29 is 4.79 Å². The number of hydrogen-bond acceptors (Lipinski definition) is 3. The van der Waals surface area contributed by atoms with Gasteiger partial charge in [0.05, 0.1) is 14.2 Å². The molecule has 1 aliphatic rings. The molecule has 2 rings (SSSR count). The zero-order valence-electron chi connectivity index (χ0n) is 10.9. The standard InChI is InChI=1S/C13H14Br2N2OS/c1-4-8-7(2)19-10(9(8)5-16)17-11(18)12(3)6-13(12,14)15/h4,6H2,1-3H3,(H,17,18). The molecule has 0 radical (unpaired) electrons. The van der Waals surface area contributed by atoms with E-state index in [9.17, 15) is 10.1 Å². The van der Waals surface area contributed by atoms with Crippen LogP contribution in [0.15, 0.2) is 0 Å². The number of thiophene rings is 1. The zero-order valence-corrected chi connectivity index (χ0v) is 14.9. The van der Waals surface area contributed by atoms with Crippen LogP contribution in [0, 0.1) is 23.7 Å². The normalized spacial score (nSPS) is 23.8. The van der Waals surface area contributed by atoms with E-state index in [1.807, 2.05) is 20.8 Å². The minimum absolute atomic E-state index is 0.0540. The summed E-state index contributed by atoms with van der Waals surface area (Å²) in [6, 6.07) is 2.21.